The maximum Gasteiger partial charge on any atom is 0.0581 e. The second kappa shape index (κ2) is 4.87. The summed E-state index contributed by atoms with van der Waals surface area (Å²) in [6, 6.07) is 9.63. The first kappa shape index (κ1) is 9.19. The molecule has 12 heavy (non-hydrogen) atoms. The van der Waals surface area contributed by atoms with Crippen molar-refractivity contribution < 1.29 is 10.3 Å². The third-order valence-electron chi connectivity index (χ3n) is 1.57. The molecule has 0 saturated carbocycles. The van der Waals surface area contributed by atoms with E-state index in [1.54, 1.807) is 0 Å². The molecule has 0 spiro atoms. The first-order chi connectivity index (χ1) is 5.83. The summed E-state index contributed by atoms with van der Waals surface area (Å²) in [7, 11) is 0. The summed E-state index contributed by atoms with van der Waals surface area (Å²) in [6.07, 6.45) is 0. The summed E-state index contributed by atoms with van der Waals surface area (Å²) in [4.78, 5) is 0. The van der Waals surface area contributed by atoms with E-state index < -0.39 is 0 Å². The summed E-state index contributed by atoms with van der Waals surface area (Å²) in [5.74, 6) is 0. The molecule has 0 bridgehead atoms. The van der Waals surface area contributed by atoms with Crippen molar-refractivity contribution in [1.29, 1.82) is 0 Å². The standard InChI is InChI=1S/C9H13NO2/c11-7-6-10(12)8-9-4-2-1-3-5-9/h1-5,11-12H,6-8H2. The Morgan fingerprint density at radius 1 is 1.17 bits per heavy atom. The first-order valence-electron chi connectivity index (χ1n) is 3.91. The van der Waals surface area contributed by atoms with Crippen LogP contribution in [0.3, 0.4) is 0 Å². The van der Waals surface area contributed by atoms with Crippen LogP contribution in [0.15, 0.2) is 30.3 Å². The van der Waals surface area contributed by atoms with Crippen LogP contribution in [-0.4, -0.2) is 28.5 Å². The summed E-state index contributed by atoms with van der Waals surface area (Å²) < 4.78 is 0. The Hall–Kier alpha value is -0.900. The van der Waals surface area contributed by atoms with Gasteiger partial charge in [0.25, 0.3) is 0 Å². The molecule has 66 valence electrons. The normalized spacial score (nSPS) is 10.6. The van der Waals surface area contributed by atoms with Crippen molar-refractivity contribution in [2.45, 2.75) is 6.54 Å². The Morgan fingerprint density at radius 3 is 2.42 bits per heavy atom. The lowest BCUT2D eigenvalue weighted by Gasteiger charge is -2.12. The molecule has 0 atom stereocenters. The lowest BCUT2D eigenvalue weighted by atomic mass is 10.2. The Labute approximate surface area is 71.8 Å². The van der Waals surface area contributed by atoms with Crippen molar-refractivity contribution >= 4 is 0 Å². The minimum absolute atomic E-state index is 0.0245. The fraction of sp³-hybridized carbons (Fsp3) is 0.333. The highest BCUT2D eigenvalue weighted by Gasteiger charge is 1.99. The van der Waals surface area contributed by atoms with Gasteiger partial charge in [0, 0.05) is 13.1 Å². The van der Waals surface area contributed by atoms with Crippen molar-refractivity contribution in [1.82, 2.24) is 5.06 Å². The third kappa shape index (κ3) is 3.00. The summed E-state index contributed by atoms with van der Waals surface area (Å²) in [6.45, 7) is 0.722. The van der Waals surface area contributed by atoms with Gasteiger partial charge in [-0.1, -0.05) is 30.3 Å². The number of hydrogen-bond acceptors (Lipinski definition) is 3. The Balaban J connectivity index is 2.41. The topological polar surface area (TPSA) is 43.7 Å². The highest BCUT2D eigenvalue weighted by molar-refractivity contribution is 5.13. The molecule has 3 nitrogen and oxygen atoms in total. The monoisotopic (exact) mass is 167 g/mol. The molecule has 0 aliphatic rings. The molecule has 0 saturated heterocycles. The van der Waals surface area contributed by atoms with Gasteiger partial charge in [-0.25, -0.2) is 0 Å². The highest BCUT2D eigenvalue weighted by atomic mass is 16.5. The molecule has 0 unspecified atom stereocenters. The molecular weight excluding hydrogens is 154 g/mol. The Bertz CT molecular complexity index is 213. The van der Waals surface area contributed by atoms with Crippen molar-refractivity contribution in [2.24, 2.45) is 0 Å². The fourth-order valence-corrected chi connectivity index (χ4v) is 0.989. The van der Waals surface area contributed by atoms with Gasteiger partial charge in [0.05, 0.1) is 6.61 Å². The minimum atomic E-state index is -0.0245. The second-order valence-electron chi connectivity index (χ2n) is 2.60. The maximum atomic E-state index is 9.18. The van der Waals surface area contributed by atoms with Gasteiger partial charge in [-0.3, -0.25) is 0 Å². The largest absolute Gasteiger partial charge is 0.395 e. The van der Waals surface area contributed by atoms with E-state index in [0.29, 0.717) is 6.54 Å². The van der Waals surface area contributed by atoms with Crippen LogP contribution in [0.5, 0.6) is 0 Å². The third-order valence-corrected chi connectivity index (χ3v) is 1.57. The molecule has 0 fully saturated rings. The van der Waals surface area contributed by atoms with Gasteiger partial charge in [-0.05, 0) is 5.56 Å². The van der Waals surface area contributed by atoms with E-state index in [9.17, 15) is 5.21 Å². The Morgan fingerprint density at radius 2 is 1.83 bits per heavy atom. The molecule has 3 heteroatoms. The van der Waals surface area contributed by atoms with E-state index >= 15 is 0 Å². The van der Waals surface area contributed by atoms with Crippen LogP contribution in [0.2, 0.25) is 0 Å². The van der Waals surface area contributed by atoms with Crippen molar-refractivity contribution in [3.63, 3.8) is 0 Å². The molecule has 1 aromatic rings. The van der Waals surface area contributed by atoms with Gasteiger partial charge in [-0.2, -0.15) is 5.06 Å². The van der Waals surface area contributed by atoms with E-state index in [-0.39, 0.29) is 13.2 Å². The van der Waals surface area contributed by atoms with Crippen LogP contribution in [0.1, 0.15) is 5.56 Å². The van der Waals surface area contributed by atoms with E-state index in [4.69, 9.17) is 5.11 Å². The quantitative estimate of drug-likeness (QED) is 0.654. The SMILES string of the molecule is OCCN(O)Cc1ccccc1. The fourth-order valence-electron chi connectivity index (χ4n) is 0.989. The number of hydroxylamine groups is 2. The minimum Gasteiger partial charge on any atom is -0.395 e. The van der Waals surface area contributed by atoms with E-state index in [1.165, 1.54) is 0 Å². The number of hydrogen-bond donors (Lipinski definition) is 2. The van der Waals surface area contributed by atoms with E-state index in [0.717, 1.165) is 10.6 Å². The Kier molecular flexibility index (Phi) is 3.73. The van der Waals surface area contributed by atoms with Crippen molar-refractivity contribution in [2.75, 3.05) is 13.2 Å². The lowest BCUT2D eigenvalue weighted by Crippen LogP contribution is -2.22. The molecule has 0 aliphatic heterocycles. The zero-order valence-electron chi connectivity index (χ0n) is 6.85. The summed E-state index contributed by atoms with van der Waals surface area (Å²) >= 11 is 0. The molecule has 2 N–H and O–H groups in total. The van der Waals surface area contributed by atoms with Gasteiger partial charge in [0.2, 0.25) is 0 Å². The average molecular weight is 167 g/mol. The summed E-state index contributed by atoms with van der Waals surface area (Å²) in [5.41, 5.74) is 1.04. The van der Waals surface area contributed by atoms with Gasteiger partial charge in [-0.15, -0.1) is 0 Å². The second-order valence-corrected chi connectivity index (χ2v) is 2.60. The number of benzene rings is 1. The smallest absolute Gasteiger partial charge is 0.0581 e. The van der Waals surface area contributed by atoms with E-state index in [1.807, 2.05) is 30.3 Å². The number of aliphatic hydroxyl groups excluding tert-OH is 1. The highest BCUT2D eigenvalue weighted by Crippen LogP contribution is 2.01. The van der Waals surface area contributed by atoms with Gasteiger partial charge in [0.15, 0.2) is 0 Å². The molecule has 0 aromatic heterocycles. The average Bonchev–Trinajstić information content (AvgIpc) is 2.06. The molecule has 1 rings (SSSR count). The van der Waals surface area contributed by atoms with Crippen LogP contribution in [0, 0.1) is 0 Å². The van der Waals surface area contributed by atoms with E-state index in [2.05, 4.69) is 0 Å². The number of rotatable bonds is 4. The van der Waals surface area contributed by atoms with Crippen LogP contribution in [0.4, 0.5) is 0 Å². The number of aliphatic hydroxyl groups is 1. The molecular formula is C9H13NO2. The number of nitrogens with zero attached hydrogens (tertiary/aromatic N) is 1. The zero-order chi connectivity index (χ0) is 8.81. The summed E-state index contributed by atoms with van der Waals surface area (Å²) in [5, 5.41) is 18.8. The van der Waals surface area contributed by atoms with Gasteiger partial charge >= 0.3 is 0 Å². The molecule has 0 aliphatic carbocycles. The van der Waals surface area contributed by atoms with Crippen LogP contribution >= 0.6 is 0 Å². The van der Waals surface area contributed by atoms with Crippen molar-refractivity contribution in [3.05, 3.63) is 35.9 Å². The molecule has 0 radical (unpaired) electrons. The molecule has 0 heterocycles. The predicted octanol–water partition coefficient (Wildman–Crippen LogP) is 0.870. The molecule has 0 amide bonds. The zero-order valence-corrected chi connectivity index (χ0v) is 6.85. The first-order valence-corrected chi connectivity index (χ1v) is 3.91. The predicted molar refractivity (Wildman–Crippen MR) is 45.7 cm³/mol. The van der Waals surface area contributed by atoms with Crippen LogP contribution < -0.4 is 0 Å². The lowest BCUT2D eigenvalue weighted by molar-refractivity contribution is -0.107. The van der Waals surface area contributed by atoms with Crippen LogP contribution in [-0.2, 0) is 6.54 Å². The van der Waals surface area contributed by atoms with Crippen LogP contribution in [0.25, 0.3) is 0 Å². The molecule has 1 aromatic carbocycles. The van der Waals surface area contributed by atoms with Crippen molar-refractivity contribution in [3.8, 4) is 0 Å². The van der Waals surface area contributed by atoms with Gasteiger partial charge < -0.3 is 10.3 Å². The van der Waals surface area contributed by atoms with Gasteiger partial charge in [0.1, 0.15) is 0 Å². The maximum absolute atomic E-state index is 9.18.